The van der Waals surface area contributed by atoms with Gasteiger partial charge in [0.05, 0.1) is 21.5 Å². The fourth-order valence-corrected chi connectivity index (χ4v) is 1.50. The molecule has 0 saturated heterocycles. The highest BCUT2D eigenvalue weighted by Crippen LogP contribution is 2.22. The summed E-state index contributed by atoms with van der Waals surface area (Å²) in [6.45, 7) is 2.04. The van der Waals surface area contributed by atoms with Crippen molar-refractivity contribution in [2.24, 2.45) is 0 Å². The van der Waals surface area contributed by atoms with Crippen LogP contribution in [0.5, 0.6) is 0 Å². The Bertz CT molecular complexity index is 643. The summed E-state index contributed by atoms with van der Waals surface area (Å²) in [6.07, 6.45) is 0. The molecule has 0 fully saturated rings. The molecular formula is C14H13N3O6. The lowest BCUT2D eigenvalue weighted by molar-refractivity contribution is -0.394. The van der Waals surface area contributed by atoms with Crippen LogP contribution in [0.2, 0.25) is 0 Å². The van der Waals surface area contributed by atoms with Crippen molar-refractivity contribution in [3.8, 4) is 0 Å². The number of nitro benzene ring substituents is 2. The topological polar surface area (TPSA) is 150 Å². The first-order valence-electron chi connectivity index (χ1n) is 6.20. The van der Waals surface area contributed by atoms with Gasteiger partial charge in [-0.3, -0.25) is 20.2 Å². The molecule has 0 amide bonds. The average Bonchev–Trinajstić information content (AvgIpc) is 2.50. The van der Waals surface area contributed by atoms with Gasteiger partial charge in [0.1, 0.15) is 0 Å². The van der Waals surface area contributed by atoms with Crippen LogP contribution in [-0.2, 0) is 0 Å². The van der Waals surface area contributed by atoms with Crippen LogP contribution in [0.15, 0.2) is 42.5 Å². The van der Waals surface area contributed by atoms with Gasteiger partial charge in [0.2, 0.25) is 0 Å². The van der Waals surface area contributed by atoms with E-state index in [1.807, 2.05) is 31.2 Å². The summed E-state index contributed by atoms with van der Waals surface area (Å²) in [7, 11) is 0. The van der Waals surface area contributed by atoms with E-state index < -0.39 is 32.8 Å². The Morgan fingerprint density at radius 1 is 1.00 bits per heavy atom. The van der Waals surface area contributed by atoms with Crippen LogP contribution >= 0.6 is 0 Å². The number of nitrogen functional groups attached to an aromatic ring is 1. The third-order valence-electron chi connectivity index (χ3n) is 2.65. The quantitative estimate of drug-likeness (QED) is 0.501. The number of rotatable bonds is 3. The molecule has 0 heterocycles. The molecule has 2 rings (SSSR count). The molecule has 0 aliphatic heterocycles. The standard InChI is InChI=1S/C7H4N2O6.C7H9N/c10-7(11)4-1-5(8(12)13)3-6(2-4)9(14)15;1-6-2-4-7(8)5-3-6/h1-3H,(H,10,11);2-5H,8H2,1H3. The first-order chi connectivity index (χ1) is 10.7. The number of hydrogen-bond acceptors (Lipinski definition) is 6. The largest absolute Gasteiger partial charge is 0.478 e. The van der Waals surface area contributed by atoms with Crippen LogP contribution < -0.4 is 5.73 Å². The SMILES string of the molecule is Cc1ccc(N)cc1.O=C(O)c1cc([N+](=O)[O-])cc([N+](=O)[O-])c1. The van der Waals surface area contributed by atoms with Crippen LogP contribution in [0.4, 0.5) is 17.1 Å². The second-order valence-electron chi connectivity index (χ2n) is 4.47. The van der Waals surface area contributed by atoms with Crippen molar-refractivity contribution >= 4 is 23.0 Å². The number of aryl methyl sites for hydroxylation is 1. The number of carboxylic acid groups (broad SMARTS) is 1. The van der Waals surface area contributed by atoms with Gasteiger partial charge in [0.15, 0.2) is 0 Å². The van der Waals surface area contributed by atoms with E-state index >= 15 is 0 Å². The van der Waals surface area contributed by atoms with E-state index in [1.54, 1.807) is 0 Å². The molecule has 0 radical (unpaired) electrons. The summed E-state index contributed by atoms with van der Waals surface area (Å²) in [5.41, 5.74) is 5.77. The van der Waals surface area contributed by atoms with Gasteiger partial charge in [-0.05, 0) is 19.1 Å². The number of carbonyl (C=O) groups is 1. The fourth-order valence-electron chi connectivity index (χ4n) is 1.50. The minimum atomic E-state index is -1.46. The van der Waals surface area contributed by atoms with Crippen molar-refractivity contribution in [2.45, 2.75) is 6.92 Å². The monoisotopic (exact) mass is 319 g/mol. The van der Waals surface area contributed by atoms with Gasteiger partial charge in [-0.25, -0.2) is 4.79 Å². The van der Waals surface area contributed by atoms with E-state index in [4.69, 9.17) is 10.8 Å². The van der Waals surface area contributed by atoms with Crippen molar-refractivity contribution in [2.75, 3.05) is 5.73 Å². The van der Waals surface area contributed by atoms with Gasteiger partial charge in [-0.2, -0.15) is 0 Å². The smallest absolute Gasteiger partial charge is 0.336 e. The Labute approximate surface area is 130 Å². The molecule has 0 unspecified atom stereocenters. The number of aromatic carboxylic acids is 1. The zero-order chi connectivity index (χ0) is 17.6. The molecule has 0 aromatic heterocycles. The maximum absolute atomic E-state index is 10.5. The number of hydrogen-bond donors (Lipinski definition) is 2. The molecule has 9 heteroatoms. The number of carboxylic acids is 1. The van der Waals surface area contributed by atoms with Crippen molar-refractivity contribution in [1.82, 2.24) is 0 Å². The molecule has 0 spiro atoms. The Morgan fingerprint density at radius 2 is 1.43 bits per heavy atom. The zero-order valence-electron chi connectivity index (χ0n) is 12.0. The van der Waals surface area contributed by atoms with Crippen LogP contribution in [0.3, 0.4) is 0 Å². The van der Waals surface area contributed by atoms with E-state index in [0.29, 0.717) is 6.07 Å². The summed E-state index contributed by atoms with van der Waals surface area (Å²) in [6, 6.07) is 10.0. The molecule has 2 aromatic rings. The zero-order valence-corrected chi connectivity index (χ0v) is 12.0. The van der Waals surface area contributed by atoms with E-state index in [1.165, 1.54) is 5.56 Å². The van der Waals surface area contributed by atoms with Crippen molar-refractivity contribution in [3.63, 3.8) is 0 Å². The van der Waals surface area contributed by atoms with Gasteiger partial charge in [-0.15, -0.1) is 0 Å². The van der Waals surface area contributed by atoms with Crippen LogP contribution in [0.1, 0.15) is 15.9 Å². The Morgan fingerprint density at radius 3 is 1.74 bits per heavy atom. The maximum Gasteiger partial charge on any atom is 0.336 e. The summed E-state index contributed by atoms with van der Waals surface area (Å²) < 4.78 is 0. The lowest BCUT2D eigenvalue weighted by atomic mass is 10.2. The van der Waals surface area contributed by atoms with Crippen molar-refractivity contribution in [3.05, 3.63) is 73.8 Å². The highest BCUT2D eigenvalue weighted by Gasteiger charge is 2.19. The fraction of sp³-hybridized carbons (Fsp3) is 0.0714. The molecule has 3 N–H and O–H groups in total. The third-order valence-corrected chi connectivity index (χ3v) is 2.65. The van der Waals surface area contributed by atoms with Crippen molar-refractivity contribution in [1.29, 1.82) is 0 Å². The molecule has 23 heavy (non-hydrogen) atoms. The summed E-state index contributed by atoms with van der Waals surface area (Å²) in [5.74, 6) is -1.46. The molecule has 0 atom stereocenters. The van der Waals surface area contributed by atoms with Crippen LogP contribution in [-0.4, -0.2) is 20.9 Å². The van der Waals surface area contributed by atoms with Gasteiger partial charge in [0, 0.05) is 17.8 Å². The third kappa shape index (κ3) is 5.42. The number of anilines is 1. The van der Waals surface area contributed by atoms with E-state index in [9.17, 15) is 25.0 Å². The van der Waals surface area contributed by atoms with Crippen LogP contribution in [0, 0.1) is 27.2 Å². The first-order valence-corrected chi connectivity index (χ1v) is 6.20. The van der Waals surface area contributed by atoms with Gasteiger partial charge in [0.25, 0.3) is 11.4 Å². The minimum Gasteiger partial charge on any atom is -0.478 e. The molecule has 9 nitrogen and oxygen atoms in total. The van der Waals surface area contributed by atoms with E-state index in [0.717, 1.165) is 17.8 Å². The predicted octanol–water partition coefficient (Wildman–Crippen LogP) is 2.78. The summed E-state index contributed by atoms with van der Waals surface area (Å²) in [5, 5.41) is 29.2. The number of nitrogens with two attached hydrogens (primary N) is 1. The summed E-state index contributed by atoms with van der Waals surface area (Å²) >= 11 is 0. The van der Waals surface area contributed by atoms with Gasteiger partial charge >= 0.3 is 5.97 Å². The van der Waals surface area contributed by atoms with E-state index in [2.05, 4.69) is 0 Å². The lowest BCUT2D eigenvalue weighted by Crippen LogP contribution is -2.00. The second-order valence-corrected chi connectivity index (χ2v) is 4.47. The predicted molar refractivity (Wildman–Crippen MR) is 82.3 cm³/mol. The molecule has 0 aliphatic rings. The number of nitro groups is 2. The molecule has 2 aromatic carbocycles. The average molecular weight is 319 g/mol. The van der Waals surface area contributed by atoms with Crippen molar-refractivity contribution < 1.29 is 19.7 Å². The number of benzene rings is 2. The second kappa shape index (κ2) is 7.50. The lowest BCUT2D eigenvalue weighted by Gasteiger charge is -1.96. The van der Waals surface area contributed by atoms with Gasteiger partial charge in [-0.1, -0.05) is 17.7 Å². The molecule has 0 saturated carbocycles. The molecule has 0 bridgehead atoms. The highest BCUT2D eigenvalue weighted by molar-refractivity contribution is 5.89. The summed E-state index contributed by atoms with van der Waals surface area (Å²) in [4.78, 5) is 29.4. The highest BCUT2D eigenvalue weighted by atomic mass is 16.6. The number of non-ortho nitro benzene ring substituents is 2. The van der Waals surface area contributed by atoms with Gasteiger partial charge < -0.3 is 10.8 Å². The number of nitrogens with zero attached hydrogens (tertiary/aromatic N) is 2. The Hall–Kier alpha value is -3.49. The maximum atomic E-state index is 10.5. The first kappa shape index (κ1) is 17.6. The molecule has 0 aliphatic carbocycles. The Kier molecular flexibility index (Phi) is 5.73. The Balaban J connectivity index is 0.000000277. The van der Waals surface area contributed by atoms with E-state index in [-0.39, 0.29) is 0 Å². The molecule has 120 valence electrons. The minimum absolute atomic E-state index is 0.490. The molecular weight excluding hydrogens is 306 g/mol. The van der Waals surface area contributed by atoms with Crippen LogP contribution in [0.25, 0.3) is 0 Å². The normalized spacial score (nSPS) is 9.43.